The molecule has 0 bridgehead atoms. The second kappa shape index (κ2) is 4.08. The quantitative estimate of drug-likeness (QED) is 0.527. The number of rotatable bonds is 1. The highest BCUT2D eigenvalue weighted by Crippen LogP contribution is 2.13. The summed E-state index contributed by atoms with van der Waals surface area (Å²) in [5, 5.41) is 0. The third kappa shape index (κ3) is 1.73. The van der Waals surface area contributed by atoms with Gasteiger partial charge in [0, 0.05) is 0 Å². The van der Waals surface area contributed by atoms with E-state index in [0.717, 1.165) is 5.46 Å². The molecule has 0 amide bonds. The number of hydrogen-bond acceptors (Lipinski definition) is 1. The average molecular weight is 219 g/mol. The highest BCUT2D eigenvalue weighted by molar-refractivity contribution is 6.81. The van der Waals surface area contributed by atoms with Crippen LogP contribution in [0.4, 0.5) is 5.69 Å². The molecule has 0 aliphatic carbocycles. The van der Waals surface area contributed by atoms with Crippen molar-refractivity contribution >= 4 is 23.5 Å². The number of benzene rings is 2. The molecule has 0 saturated heterocycles. The molecule has 0 fully saturated rings. The molecule has 0 radical (unpaired) electrons. The third-order valence-corrected chi connectivity index (χ3v) is 3.05. The van der Waals surface area contributed by atoms with Crippen LogP contribution in [-0.2, 0) is 11.3 Å². The first-order chi connectivity index (χ1) is 8.38. The summed E-state index contributed by atoms with van der Waals surface area (Å²) in [5.41, 5.74) is 4.18. The van der Waals surface area contributed by atoms with E-state index in [-0.39, 0.29) is 6.92 Å². The van der Waals surface area contributed by atoms with Crippen LogP contribution in [-0.4, -0.2) is 6.92 Å². The van der Waals surface area contributed by atoms with Crippen molar-refractivity contribution in [2.24, 2.45) is 0 Å². The van der Waals surface area contributed by atoms with E-state index in [9.17, 15) is 0 Å². The largest absolute Gasteiger partial charge is 0.423 e. The van der Waals surface area contributed by atoms with E-state index in [4.69, 9.17) is 11.2 Å². The molecule has 1 heterocycles. The molecular formula is C14H10BNO. The van der Waals surface area contributed by atoms with E-state index in [1.165, 1.54) is 11.0 Å². The fourth-order valence-electron chi connectivity index (χ4n) is 2.22. The fraction of sp³-hybridized carbons (Fsp3) is 0.0714. The molecule has 0 spiro atoms. The molecule has 0 N–H and O–H groups in total. The van der Waals surface area contributed by atoms with Gasteiger partial charge >= 0.3 is 6.92 Å². The van der Waals surface area contributed by atoms with Crippen LogP contribution in [0.2, 0.25) is 0 Å². The molecule has 80 valence electrons. The van der Waals surface area contributed by atoms with Gasteiger partial charge in [0.25, 0.3) is 0 Å². The maximum Gasteiger partial charge on any atom is 0.360 e. The van der Waals surface area contributed by atoms with Gasteiger partial charge in [-0.1, -0.05) is 54.0 Å². The average Bonchev–Trinajstić information content (AvgIpc) is 2.82. The Morgan fingerprint density at radius 1 is 1.12 bits per heavy atom. The van der Waals surface area contributed by atoms with Gasteiger partial charge < -0.3 is 4.65 Å². The normalized spacial score (nSPS) is 13.2. The van der Waals surface area contributed by atoms with Crippen LogP contribution in [0, 0.1) is 6.57 Å². The highest BCUT2D eigenvalue weighted by Gasteiger charge is 2.29. The molecule has 0 aromatic heterocycles. The van der Waals surface area contributed by atoms with E-state index < -0.39 is 0 Å². The van der Waals surface area contributed by atoms with Gasteiger partial charge in [0.2, 0.25) is 0 Å². The highest BCUT2D eigenvalue weighted by atomic mass is 16.4. The van der Waals surface area contributed by atoms with E-state index in [2.05, 4.69) is 17.0 Å². The Balaban J connectivity index is 2.04. The van der Waals surface area contributed by atoms with E-state index in [1.807, 2.05) is 36.4 Å². The van der Waals surface area contributed by atoms with Crippen LogP contribution in [0.1, 0.15) is 5.56 Å². The predicted octanol–water partition coefficient (Wildman–Crippen LogP) is 1.87. The lowest BCUT2D eigenvalue weighted by Crippen LogP contribution is -2.40. The second-order valence-corrected chi connectivity index (χ2v) is 4.10. The zero-order valence-electron chi connectivity index (χ0n) is 9.26. The van der Waals surface area contributed by atoms with Crippen molar-refractivity contribution in [2.45, 2.75) is 6.61 Å². The number of nitrogens with zero attached hydrogens (tertiary/aromatic N) is 1. The van der Waals surface area contributed by atoms with Gasteiger partial charge in [0.15, 0.2) is 5.69 Å². The van der Waals surface area contributed by atoms with Crippen molar-refractivity contribution in [1.29, 1.82) is 0 Å². The van der Waals surface area contributed by atoms with Gasteiger partial charge in [-0.3, -0.25) is 0 Å². The molecule has 0 atom stereocenters. The van der Waals surface area contributed by atoms with Crippen LogP contribution in [0.15, 0.2) is 48.5 Å². The van der Waals surface area contributed by atoms with Gasteiger partial charge in [-0.15, -0.1) is 0 Å². The Bertz CT molecular complexity index is 603. The second-order valence-electron chi connectivity index (χ2n) is 4.10. The summed E-state index contributed by atoms with van der Waals surface area (Å²) >= 11 is 0. The van der Waals surface area contributed by atoms with Crippen LogP contribution in [0.25, 0.3) is 4.85 Å². The summed E-state index contributed by atoms with van der Waals surface area (Å²) in [6.07, 6.45) is 0. The lowest BCUT2D eigenvalue weighted by Gasteiger charge is -2.07. The van der Waals surface area contributed by atoms with Crippen LogP contribution >= 0.6 is 0 Å². The van der Waals surface area contributed by atoms with Crippen molar-refractivity contribution in [1.82, 2.24) is 0 Å². The topological polar surface area (TPSA) is 13.6 Å². The minimum absolute atomic E-state index is 0.0205. The van der Waals surface area contributed by atoms with Crippen LogP contribution in [0.3, 0.4) is 0 Å². The maximum absolute atomic E-state index is 7.04. The summed E-state index contributed by atoms with van der Waals surface area (Å²) < 4.78 is 5.81. The molecule has 3 heteroatoms. The van der Waals surface area contributed by atoms with Crippen molar-refractivity contribution in [3.05, 3.63) is 65.5 Å². The summed E-state index contributed by atoms with van der Waals surface area (Å²) in [7, 11) is 0. The smallest absolute Gasteiger partial charge is 0.360 e. The molecule has 1 aliphatic heterocycles. The fourth-order valence-corrected chi connectivity index (χ4v) is 2.22. The standard InChI is InChI=1S/C14H10BNO/c1-16-13-7-4-6-12(9-13)15-14-8-3-2-5-11(14)10-17-15/h2-9H,10H2. The Kier molecular flexibility index (Phi) is 2.43. The van der Waals surface area contributed by atoms with Gasteiger partial charge in [0.05, 0.1) is 13.2 Å². The molecule has 2 nitrogen and oxygen atoms in total. The molecule has 0 unspecified atom stereocenters. The molecule has 2 aromatic rings. The first-order valence-corrected chi connectivity index (χ1v) is 5.55. The number of hydrogen-bond donors (Lipinski definition) is 0. The van der Waals surface area contributed by atoms with Crippen LogP contribution in [0.5, 0.6) is 0 Å². The Morgan fingerprint density at radius 3 is 2.88 bits per heavy atom. The Morgan fingerprint density at radius 2 is 2.00 bits per heavy atom. The minimum Gasteiger partial charge on any atom is -0.423 e. The molecule has 17 heavy (non-hydrogen) atoms. The Labute approximate surface area is 101 Å². The predicted molar refractivity (Wildman–Crippen MR) is 69.0 cm³/mol. The van der Waals surface area contributed by atoms with E-state index >= 15 is 0 Å². The van der Waals surface area contributed by atoms with E-state index in [0.29, 0.717) is 12.3 Å². The monoisotopic (exact) mass is 219 g/mol. The van der Waals surface area contributed by atoms with E-state index in [1.54, 1.807) is 0 Å². The van der Waals surface area contributed by atoms with Crippen molar-refractivity contribution in [3.8, 4) is 0 Å². The molecule has 3 rings (SSSR count). The van der Waals surface area contributed by atoms with Gasteiger partial charge in [-0.05, 0) is 11.0 Å². The van der Waals surface area contributed by atoms with Crippen molar-refractivity contribution in [2.75, 3.05) is 0 Å². The SMILES string of the molecule is [C-]#[N+]c1cccc(B2OCc3ccccc32)c1. The van der Waals surface area contributed by atoms with Crippen molar-refractivity contribution < 1.29 is 4.65 Å². The zero-order valence-corrected chi connectivity index (χ0v) is 9.26. The first kappa shape index (κ1) is 10.1. The Hall–Kier alpha value is -2.05. The lowest BCUT2D eigenvalue weighted by molar-refractivity contribution is 0.337. The van der Waals surface area contributed by atoms with Gasteiger partial charge in [0.1, 0.15) is 0 Å². The van der Waals surface area contributed by atoms with Gasteiger partial charge in [-0.2, -0.15) is 0 Å². The zero-order chi connectivity index (χ0) is 11.7. The molecule has 2 aromatic carbocycles. The maximum atomic E-state index is 7.04. The minimum atomic E-state index is -0.0205. The molecular weight excluding hydrogens is 209 g/mol. The summed E-state index contributed by atoms with van der Waals surface area (Å²) in [6.45, 7) is 7.68. The van der Waals surface area contributed by atoms with Crippen LogP contribution < -0.4 is 10.9 Å². The number of fused-ring (bicyclic) bond motifs is 1. The summed E-state index contributed by atoms with van der Waals surface area (Å²) in [4.78, 5) is 3.45. The van der Waals surface area contributed by atoms with Crippen molar-refractivity contribution in [3.63, 3.8) is 0 Å². The molecule has 0 saturated carbocycles. The van der Waals surface area contributed by atoms with Gasteiger partial charge in [-0.25, -0.2) is 4.85 Å². The summed E-state index contributed by atoms with van der Waals surface area (Å²) in [5.74, 6) is 0. The summed E-state index contributed by atoms with van der Waals surface area (Å²) in [6, 6.07) is 15.9. The lowest BCUT2D eigenvalue weighted by atomic mass is 9.56. The first-order valence-electron chi connectivity index (χ1n) is 5.55. The third-order valence-electron chi connectivity index (χ3n) is 3.05. The molecule has 1 aliphatic rings.